The molecule has 6 rings (SSSR count). The lowest BCUT2D eigenvalue weighted by Crippen LogP contribution is -2.44. The molecule has 2 aliphatic heterocycles. The smallest absolute Gasteiger partial charge is 0.247 e. The first-order chi connectivity index (χ1) is 15.0. The van der Waals surface area contributed by atoms with E-state index in [9.17, 15) is 0 Å². The van der Waals surface area contributed by atoms with E-state index in [-0.39, 0.29) is 0 Å². The summed E-state index contributed by atoms with van der Waals surface area (Å²) < 4.78 is 1.58. The Morgan fingerprint density at radius 1 is 1.16 bits per heavy atom. The molecule has 2 atom stereocenters. The van der Waals surface area contributed by atoms with E-state index in [1.807, 2.05) is 12.1 Å². The minimum atomic E-state index is 0.376. The molecule has 1 aromatic carbocycles. The number of benzene rings is 1. The summed E-state index contributed by atoms with van der Waals surface area (Å²) in [5.41, 5.74) is 15.2. The SMILES string of the molecule is CN1C[C@H]2C[C@@H]1CN2c1cc(N)cc(Nc2nc(NC3CC3)c3ncc(N)n3n2)c1Cl. The second kappa shape index (κ2) is 6.76. The number of piperazine rings is 1. The predicted octanol–water partition coefficient (Wildman–Crippen LogP) is 2.15. The van der Waals surface area contributed by atoms with Gasteiger partial charge in [0.2, 0.25) is 5.95 Å². The number of hydrogen-bond donors (Lipinski definition) is 4. The van der Waals surface area contributed by atoms with Crippen LogP contribution in [0.1, 0.15) is 19.3 Å². The van der Waals surface area contributed by atoms with Crippen LogP contribution in [0.2, 0.25) is 5.02 Å². The Bertz CT molecular complexity index is 1170. The van der Waals surface area contributed by atoms with Crippen LogP contribution in [0.15, 0.2) is 18.3 Å². The van der Waals surface area contributed by atoms with Crippen LogP contribution < -0.4 is 27.0 Å². The van der Waals surface area contributed by atoms with Gasteiger partial charge in [-0.3, -0.25) is 4.90 Å². The highest BCUT2D eigenvalue weighted by Crippen LogP contribution is 2.42. The zero-order chi connectivity index (χ0) is 21.3. The number of nitrogens with one attached hydrogen (secondary N) is 2. The van der Waals surface area contributed by atoms with Gasteiger partial charge in [0.25, 0.3) is 0 Å². The number of nitrogens with two attached hydrogens (primary N) is 2. The van der Waals surface area contributed by atoms with E-state index >= 15 is 0 Å². The number of likely N-dealkylation sites (tertiary alicyclic amines) is 1. The number of hydrogen-bond acceptors (Lipinski definition) is 9. The largest absolute Gasteiger partial charge is 0.399 e. The molecule has 0 amide bonds. The van der Waals surface area contributed by atoms with Crippen LogP contribution in [-0.2, 0) is 0 Å². The Labute approximate surface area is 184 Å². The summed E-state index contributed by atoms with van der Waals surface area (Å²) in [5, 5.41) is 11.8. The molecule has 2 bridgehead atoms. The molecule has 3 aromatic rings. The van der Waals surface area contributed by atoms with Crippen LogP contribution >= 0.6 is 11.6 Å². The van der Waals surface area contributed by atoms with Crippen molar-refractivity contribution in [3.8, 4) is 0 Å². The average molecular weight is 441 g/mol. The van der Waals surface area contributed by atoms with E-state index in [0.717, 1.165) is 38.0 Å². The molecule has 4 heterocycles. The van der Waals surface area contributed by atoms with Gasteiger partial charge in [0.05, 0.1) is 22.6 Å². The molecule has 0 unspecified atom stereocenters. The minimum absolute atomic E-state index is 0.376. The van der Waals surface area contributed by atoms with Crippen molar-refractivity contribution in [1.29, 1.82) is 0 Å². The normalized spacial score (nSPS) is 23.1. The van der Waals surface area contributed by atoms with Gasteiger partial charge in [-0.1, -0.05) is 11.6 Å². The van der Waals surface area contributed by atoms with Crippen molar-refractivity contribution in [3.05, 3.63) is 23.4 Å². The number of anilines is 6. The second-order valence-electron chi connectivity index (χ2n) is 8.78. The number of imidazole rings is 1. The molecule has 3 fully saturated rings. The highest BCUT2D eigenvalue weighted by Gasteiger charge is 2.42. The summed E-state index contributed by atoms with van der Waals surface area (Å²) in [6, 6.07) is 5.19. The van der Waals surface area contributed by atoms with E-state index in [1.54, 1.807) is 10.7 Å². The monoisotopic (exact) mass is 440 g/mol. The van der Waals surface area contributed by atoms with Crippen LogP contribution in [0.5, 0.6) is 0 Å². The number of halogens is 1. The average Bonchev–Trinajstić information content (AvgIpc) is 3.16. The predicted molar refractivity (Wildman–Crippen MR) is 123 cm³/mol. The maximum absolute atomic E-state index is 6.86. The van der Waals surface area contributed by atoms with Gasteiger partial charge in [0.15, 0.2) is 11.5 Å². The Morgan fingerprint density at radius 2 is 2.00 bits per heavy atom. The van der Waals surface area contributed by atoms with Crippen molar-refractivity contribution in [2.75, 3.05) is 47.1 Å². The molecular weight excluding hydrogens is 416 g/mol. The van der Waals surface area contributed by atoms with Gasteiger partial charge in [0.1, 0.15) is 5.82 Å². The number of fused-ring (bicyclic) bond motifs is 3. The molecule has 162 valence electrons. The summed E-state index contributed by atoms with van der Waals surface area (Å²) in [5.74, 6) is 1.47. The lowest BCUT2D eigenvalue weighted by atomic mass is 10.2. The Morgan fingerprint density at radius 3 is 2.71 bits per heavy atom. The number of nitrogens with zero attached hydrogens (tertiary/aromatic N) is 6. The summed E-state index contributed by atoms with van der Waals surface area (Å²) in [6.45, 7) is 1.99. The molecule has 0 radical (unpaired) electrons. The Balaban J connectivity index is 1.36. The molecule has 0 spiro atoms. The van der Waals surface area contributed by atoms with Gasteiger partial charge in [-0.15, -0.1) is 5.10 Å². The highest BCUT2D eigenvalue weighted by molar-refractivity contribution is 6.36. The van der Waals surface area contributed by atoms with E-state index < -0.39 is 0 Å². The lowest BCUT2D eigenvalue weighted by molar-refractivity contribution is 0.292. The van der Waals surface area contributed by atoms with E-state index in [2.05, 4.69) is 42.5 Å². The fraction of sp³-hybridized carbons (Fsp3) is 0.450. The fourth-order valence-corrected chi connectivity index (χ4v) is 4.95. The van der Waals surface area contributed by atoms with Gasteiger partial charge in [-0.25, -0.2) is 4.98 Å². The zero-order valence-electron chi connectivity index (χ0n) is 17.2. The van der Waals surface area contributed by atoms with Gasteiger partial charge in [-0.2, -0.15) is 9.50 Å². The standard InChI is InChI=1S/C20H25ClN10/c1-29-8-13-6-12(29)9-30(13)15-5-10(22)4-14(17(15)21)26-20-27-18(25-11-2-3-11)19-24-7-16(23)31(19)28-20/h4-5,7,11-13H,2-3,6,8-9,22-23H2,1H3,(H2,25,26,27,28)/t12-,13-/m1/s1. The maximum atomic E-state index is 6.86. The summed E-state index contributed by atoms with van der Waals surface area (Å²) in [7, 11) is 2.18. The van der Waals surface area contributed by atoms with Crippen molar-refractivity contribution in [2.45, 2.75) is 37.4 Å². The third-order valence-electron chi connectivity index (χ3n) is 6.45. The molecular formula is C20H25ClN10. The maximum Gasteiger partial charge on any atom is 0.247 e. The molecule has 2 saturated heterocycles. The molecule has 2 aromatic heterocycles. The summed E-state index contributed by atoms with van der Waals surface area (Å²) >= 11 is 6.86. The van der Waals surface area contributed by atoms with Crippen molar-refractivity contribution in [2.24, 2.45) is 0 Å². The van der Waals surface area contributed by atoms with E-state index in [1.165, 1.54) is 0 Å². The molecule has 31 heavy (non-hydrogen) atoms. The first kappa shape index (κ1) is 18.8. The number of nitrogen functional groups attached to an aromatic ring is 2. The molecule has 11 heteroatoms. The Kier molecular flexibility index (Phi) is 4.09. The van der Waals surface area contributed by atoms with Gasteiger partial charge in [0, 0.05) is 36.9 Å². The van der Waals surface area contributed by atoms with Crippen molar-refractivity contribution in [1.82, 2.24) is 24.5 Å². The number of aromatic nitrogens is 4. The van der Waals surface area contributed by atoms with Crippen molar-refractivity contribution in [3.63, 3.8) is 0 Å². The lowest BCUT2D eigenvalue weighted by Gasteiger charge is -2.34. The van der Waals surface area contributed by atoms with Gasteiger partial charge in [-0.05, 0) is 38.4 Å². The molecule has 1 saturated carbocycles. The summed E-state index contributed by atoms with van der Waals surface area (Å²) in [4.78, 5) is 13.8. The molecule has 10 nitrogen and oxygen atoms in total. The zero-order valence-corrected chi connectivity index (χ0v) is 18.0. The van der Waals surface area contributed by atoms with Gasteiger partial charge >= 0.3 is 0 Å². The minimum Gasteiger partial charge on any atom is -0.399 e. The first-order valence-electron chi connectivity index (χ1n) is 10.6. The van der Waals surface area contributed by atoms with Crippen molar-refractivity contribution >= 4 is 51.9 Å². The van der Waals surface area contributed by atoms with Crippen LogP contribution in [-0.4, -0.2) is 62.7 Å². The van der Waals surface area contributed by atoms with Crippen LogP contribution in [0, 0.1) is 0 Å². The molecule has 3 aliphatic rings. The van der Waals surface area contributed by atoms with Crippen LogP contribution in [0.25, 0.3) is 5.65 Å². The third kappa shape index (κ3) is 3.17. The van der Waals surface area contributed by atoms with E-state index in [4.69, 9.17) is 23.1 Å². The van der Waals surface area contributed by atoms with Crippen LogP contribution in [0.4, 0.5) is 34.6 Å². The summed E-state index contributed by atoms with van der Waals surface area (Å²) in [6.07, 6.45) is 4.97. The third-order valence-corrected chi connectivity index (χ3v) is 6.85. The second-order valence-corrected chi connectivity index (χ2v) is 9.16. The fourth-order valence-electron chi connectivity index (χ4n) is 4.68. The van der Waals surface area contributed by atoms with E-state index in [0.29, 0.717) is 57.8 Å². The molecule has 1 aliphatic carbocycles. The molecule has 6 N–H and O–H groups in total. The van der Waals surface area contributed by atoms with Gasteiger partial charge < -0.3 is 27.0 Å². The highest BCUT2D eigenvalue weighted by atomic mass is 35.5. The van der Waals surface area contributed by atoms with Crippen molar-refractivity contribution < 1.29 is 0 Å². The Hall–Kier alpha value is -2.98. The number of rotatable bonds is 5. The quantitative estimate of drug-likeness (QED) is 0.441. The first-order valence-corrected chi connectivity index (χ1v) is 10.9. The number of likely N-dealkylation sites (N-methyl/N-ethyl adjacent to an activating group) is 1. The topological polar surface area (TPSA) is 126 Å². The van der Waals surface area contributed by atoms with Crippen LogP contribution in [0.3, 0.4) is 0 Å².